The molecule has 0 fully saturated rings. The van der Waals surface area contributed by atoms with E-state index in [9.17, 15) is 4.79 Å². The van der Waals surface area contributed by atoms with Crippen LogP contribution in [0.2, 0.25) is 0 Å². The summed E-state index contributed by atoms with van der Waals surface area (Å²) < 4.78 is 10.2. The van der Waals surface area contributed by atoms with Gasteiger partial charge in [-0.1, -0.05) is 24.8 Å². The molecule has 0 aromatic heterocycles. The molecule has 0 radical (unpaired) electrons. The van der Waals surface area contributed by atoms with Gasteiger partial charge in [0.25, 0.3) is 0 Å². The van der Waals surface area contributed by atoms with Crippen LogP contribution in [0, 0.1) is 0 Å². The first-order valence-corrected chi connectivity index (χ1v) is 4.99. The molecular weight excluding hydrogens is 204 g/mol. The van der Waals surface area contributed by atoms with Gasteiger partial charge >= 0.3 is 5.97 Å². The summed E-state index contributed by atoms with van der Waals surface area (Å²) >= 11 is 0. The minimum Gasteiger partial charge on any atom is -0.430 e. The van der Waals surface area contributed by atoms with E-state index < -0.39 is 11.8 Å². The molecule has 3 heteroatoms. The fraction of sp³-hybridized carbons (Fsp3) is 0.308. The van der Waals surface area contributed by atoms with Crippen molar-refractivity contribution in [2.45, 2.75) is 19.6 Å². The topological polar surface area (TPSA) is 35.5 Å². The van der Waals surface area contributed by atoms with E-state index in [0.29, 0.717) is 5.56 Å². The highest BCUT2D eigenvalue weighted by molar-refractivity contribution is 5.89. The average molecular weight is 220 g/mol. The van der Waals surface area contributed by atoms with Gasteiger partial charge < -0.3 is 9.47 Å². The van der Waals surface area contributed by atoms with Crippen molar-refractivity contribution in [1.82, 2.24) is 0 Å². The Balaban J connectivity index is 2.77. The number of hydrogen-bond donors (Lipinski definition) is 0. The minimum atomic E-state index is -0.909. The lowest BCUT2D eigenvalue weighted by atomic mass is 10.1. The standard InChI is InChI=1S/C13H16O3/c1-5-10-6-8-11(9-7-10)12(14)16-13(2,3)15-4/h5-9H,1H2,2-4H3. The molecule has 0 unspecified atom stereocenters. The number of esters is 1. The van der Waals surface area contributed by atoms with Crippen LogP contribution in [0.1, 0.15) is 29.8 Å². The molecule has 0 heterocycles. The normalized spacial score (nSPS) is 10.9. The van der Waals surface area contributed by atoms with Crippen molar-refractivity contribution < 1.29 is 14.3 Å². The zero-order valence-corrected chi connectivity index (χ0v) is 9.82. The zero-order chi connectivity index (χ0) is 12.2. The highest BCUT2D eigenvalue weighted by Gasteiger charge is 2.22. The number of carbonyl (C=O) groups is 1. The Morgan fingerprint density at radius 2 is 1.88 bits per heavy atom. The Labute approximate surface area is 95.7 Å². The summed E-state index contributed by atoms with van der Waals surface area (Å²) in [5.41, 5.74) is 1.46. The molecule has 0 aliphatic carbocycles. The van der Waals surface area contributed by atoms with Crippen LogP contribution in [0.4, 0.5) is 0 Å². The van der Waals surface area contributed by atoms with Gasteiger partial charge in [-0.15, -0.1) is 0 Å². The van der Waals surface area contributed by atoms with Crippen LogP contribution >= 0.6 is 0 Å². The Morgan fingerprint density at radius 3 is 2.31 bits per heavy atom. The van der Waals surface area contributed by atoms with Gasteiger partial charge in [0.2, 0.25) is 5.79 Å². The quantitative estimate of drug-likeness (QED) is 0.578. The van der Waals surface area contributed by atoms with Gasteiger partial charge in [-0.3, -0.25) is 0 Å². The van der Waals surface area contributed by atoms with E-state index in [-0.39, 0.29) is 0 Å². The van der Waals surface area contributed by atoms with E-state index in [1.165, 1.54) is 7.11 Å². The summed E-state index contributed by atoms with van der Waals surface area (Å²) in [7, 11) is 1.49. The molecule has 3 nitrogen and oxygen atoms in total. The van der Waals surface area contributed by atoms with Crippen molar-refractivity contribution in [3.8, 4) is 0 Å². The van der Waals surface area contributed by atoms with E-state index >= 15 is 0 Å². The van der Waals surface area contributed by atoms with Crippen molar-refractivity contribution >= 4 is 12.0 Å². The Hall–Kier alpha value is -1.61. The van der Waals surface area contributed by atoms with Crippen LogP contribution in [-0.4, -0.2) is 18.9 Å². The molecule has 0 aliphatic heterocycles. The number of hydrogen-bond acceptors (Lipinski definition) is 3. The van der Waals surface area contributed by atoms with E-state index in [0.717, 1.165) is 5.56 Å². The number of ether oxygens (including phenoxy) is 2. The maximum absolute atomic E-state index is 11.7. The molecule has 0 bridgehead atoms. The Bertz CT molecular complexity index is 377. The SMILES string of the molecule is C=Cc1ccc(C(=O)OC(C)(C)OC)cc1. The van der Waals surface area contributed by atoms with E-state index in [1.54, 1.807) is 32.1 Å². The van der Waals surface area contributed by atoms with Crippen molar-refractivity contribution in [2.75, 3.05) is 7.11 Å². The Kier molecular flexibility index (Phi) is 3.85. The first-order valence-electron chi connectivity index (χ1n) is 4.99. The largest absolute Gasteiger partial charge is 0.430 e. The maximum Gasteiger partial charge on any atom is 0.340 e. The van der Waals surface area contributed by atoms with Crippen LogP contribution in [-0.2, 0) is 9.47 Å². The number of rotatable bonds is 4. The highest BCUT2D eigenvalue weighted by atomic mass is 16.7. The lowest BCUT2D eigenvalue weighted by Crippen LogP contribution is -2.29. The molecule has 86 valence electrons. The summed E-state index contributed by atoms with van der Waals surface area (Å²) in [5.74, 6) is -1.31. The van der Waals surface area contributed by atoms with Crippen LogP contribution in [0.5, 0.6) is 0 Å². The van der Waals surface area contributed by atoms with Gasteiger partial charge in [0.15, 0.2) is 0 Å². The molecular formula is C13H16O3. The third-order valence-corrected chi connectivity index (χ3v) is 2.21. The molecule has 0 amide bonds. The van der Waals surface area contributed by atoms with Gasteiger partial charge in [-0.2, -0.15) is 0 Å². The maximum atomic E-state index is 11.7. The molecule has 0 saturated heterocycles. The molecule has 1 aromatic carbocycles. The van der Waals surface area contributed by atoms with Crippen molar-refractivity contribution in [3.63, 3.8) is 0 Å². The lowest BCUT2D eigenvalue weighted by molar-refractivity contribution is -0.160. The summed E-state index contributed by atoms with van der Waals surface area (Å²) in [6.45, 7) is 7.01. The molecule has 0 N–H and O–H groups in total. The third-order valence-electron chi connectivity index (χ3n) is 2.21. The van der Waals surface area contributed by atoms with Gasteiger partial charge in [0.1, 0.15) is 0 Å². The predicted molar refractivity (Wildman–Crippen MR) is 63.0 cm³/mol. The smallest absolute Gasteiger partial charge is 0.340 e. The number of carbonyl (C=O) groups excluding carboxylic acids is 1. The average Bonchev–Trinajstić information content (AvgIpc) is 2.28. The third kappa shape index (κ3) is 3.21. The van der Waals surface area contributed by atoms with Gasteiger partial charge in [0, 0.05) is 21.0 Å². The molecule has 16 heavy (non-hydrogen) atoms. The molecule has 0 atom stereocenters. The van der Waals surface area contributed by atoms with Crippen LogP contribution in [0.15, 0.2) is 30.8 Å². The summed E-state index contributed by atoms with van der Waals surface area (Å²) in [4.78, 5) is 11.7. The van der Waals surface area contributed by atoms with E-state index in [1.807, 2.05) is 12.1 Å². The van der Waals surface area contributed by atoms with Gasteiger partial charge in [-0.25, -0.2) is 4.79 Å². The van der Waals surface area contributed by atoms with E-state index in [2.05, 4.69) is 6.58 Å². The molecule has 1 aromatic rings. The summed E-state index contributed by atoms with van der Waals surface area (Å²) in [5, 5.41) is 0. The van der Waals surface area contributed by atoms with Crippen LogP contribution < -0.4 is 0 Å². The first-order chi connectivity index (χ1) is 7.48. The monoisotopic (exact) mass is 220 g/mol. The molecule has 0 spiro atoms. The summed E-state index contributed by atoms with van der Waals surface area (Å²) in [6.07, 6.45) is 1.72. The second kappa shape index (κ2) is 4.94. The molecule has 0 aliphatic rings. The predicted octanol–water partition coefficient (Wildman–Crippen LogP) is 2.87. The molecule has 0 saturated carbocycles. The van der Waals surface area contributed by atoms with Crippen molar-refractivity contribution in [3.05, 3.63) is 42.0 Å². The second-order valence-electron chi connectivity index (χ2n) is 3.82. The number of methoxy groups -OCH3 is 1. The van der Waals surface area contributed by atoms with E-state index in [4.69, 9.17) is 9.47 Å². The second-order valence-corrected chi connectivity index (χ2v) is 3.82. The number of benzene rings is 1. The minimum absolute atomic E-state index is 0.400. The first kappa shape index (κ1) is 12.5. The van der Waals surface area contributed by atoms with Crippen molar-refractivity contribution in [1.29, 1.82) is 0 Å². The van der Waals surface area contributed by atoms with Crippen LogP contribution in [0.25, 0.3) is 6.08 Å². The lowest BCUT2D eigenvalue weighted by Gasteiger charge is -2.22. The van der Waals surface area contributed by atoms with Gasteiger partial charge in [0.05, 0.1) is 5.56 Å². The van der Waals surface area contributed by atoms with Crippen LogP contribution in [0.3, 0.4) is 0 Å². The fourth-order valence-electron chi connectivity index (χ4n) is 1.08. The highest BCUT2D eigenvalue weighted by Crippen LogP contribution is 2.14. The molecule has 1 rings (SSSR count). The fourth-order valence-corrected chi connectivity index (χ4v) is 1.08. The summed E-state index contributed by atoms with van der Waals surface area (Å²) in [6, 6.07) is 7.02. The van der Waals surface area contributed by atoms with Crippen molar-refractivity contribution in [2.24, 2.45) is 0 Å². The Morgan fingerprint density at radius 1 is 1.31 bits per heavy atom. The zero-order valence-electron chi connectivity index (χ0n) is 9.82. The van der Waals surface area contributed by atoms with Gasteiger partial charge in [-0.05, 0) is 17.7 Å².